The molecule has 2 aliphatic rings. The molecular weight excluding hydrogens is 383 g/mol. The molecule has 0 amide bonds. The molecule has 1 fully saturated rings. The number of halogens is 1. The summed E-state index contributed by atoms with van der Waals surface area (Å²) < 4.78 is 22.4. The number of hydrogen-bond acceptors (Lipinski definition) is 7. The van der Waals surface area contributed by atoms with Crippen LogP contribution in [0.5, 0.6) is 5.75 Å². The summed E-state index contributed by atoms with van der Waals surface area (Å²) in [4.78, 5) is 39.3. The second kappa shape index (κ2) is 7.03. The van der Waals surface area contributed by atoms with E-state index in [1.165, 1.54) is 17.8 Å². The first-order valence-corrected chi connectivity index (χ1v) is 9.24. The number of hydrogen-bond donors (Lipinski definition) is 1. The highest BCUT2D eigenvalue weighted by atomic mass is 19.1. The molecule has 0 aliphatic carbocycles. The molecule has 1 aromatic heterocycles. The summed E-state index contributed by atoms with van der Waals surface area (Å²) in [5, 5.41) is 10.9. The maximum Gasteiger partial charge on any atom is 0.341 e. The second-order valence-electron chi connectivity index (χ2n) is 7.35. The van der Waals surface area contributed by atoms with Gasteiger partial charge in [0.05, 0.1) is 11.9 Å². The fourth-order valence-corrected chi connectivity index (χ4v) is 3.92. The number of carbonyl (C=O) groups is 2. The number of benzene rings is 1. The van der Waals surface area contributed by atoms with Gasteiger partial charge in [-0.25, -0.2) is 9.18 Å². The van der Waals surface area contributed by atoms with Gasteiger partial charge in [0.15, 0.2) is 18.3 Å². The van der Waals surface area contributed by atoms with Gasteiger partial charge in [0.1, 0.15) is 22.6 Å². The van der Waals surface area contributed by atoms with Gasteiger partial charge in [-0.05, 0) is 13.0 Å². The van der Waals surface area contributed by atoms with Gasteiger partial charge >= 0.3 is 5.97 Å². The van der Waals surface area contributed by atoms with E-state index >= 15 is 4.39 Å². The molecule has 0 radical (unpaired) electrons. The van der Waals surface area contributed by atoms with E-state index in [0.717, 1.165) is 6.07 Å². The molecule has 0 unspecified atom stereocenters. The first-order chi connectivity index (χ1) is 13.8. The Hall–Kier alpha value is -3.14. The summed E-state index contributed by atoms with van der Waals surface area (Å²) in [5.41, 5.74) is -0.580. The second-order valence-corrected chi connectivity index (χ2v) is 7.35. The van der Waals surface area contributed by atoms with Gasteiger partial charge in [-0.3, -0.25) is 24.2 Å². The van der Waals surface area contributed by atoms with E-state index in [4.69, 9.17) is 4.74 Å². The third kappa shape index (κ3) is 3.19. The minimum absolute atomic E-state index is 0.0390. The van der Waals surface area contributed by atoms with Crippen molar-refractivity contribution in [3.63, 3.8) is 0 Å². The van der Waals surface area contributed by atoms with Gasteiger partial charge in [0.2, 0.25) is 5.43 Å². The highest BCUT2D eigenvalue weighted by Gasteiger charge is 2.30. The number of Topliss-reactive ketones (excluding diaryl/α,β-unsaturated/α-hetero) is 1. The van der Waals surface area contributed by atoms with Crippen molar-refractivity contribution in [2.75, 3.05) is 56.4 Å². The molecular formula is C19H21FN4O5. The van der Waals surface area contributed by atoms with E-state index in [2.05, 4.69) is 0 Å². The fourth-order valence-electron chi connectivity index (χ4n) is 3.92. The summed E-state index contributed by atoms with van der Waals surface area (Å²) in [6, 6.07) is 1.09. The van der Waals surface area contributed by atoms with Crippen LogP contribution in [0.2, 0.25) is 0 Å². The van der Waals surface area contributed by atoms with E-state index in [1.807, 2.05) is 9.80 Å². The van der Waals surface area contributed by atoms with Gasteiger partial charge in [0, 0.05) is 39.4 Å². The molecule has 1 aromatic carbocycles. The van der Waals surface area contributed by atoms with Crippen LogP contribution in [0.4, 0.5) is 10.1 Å². The zero-order chi connectivity index (χ0) is 20.9. The number of carboxylic acid groups (broad SMARTS) is 1. The largest absolute Gasteiger partial charge is 0.477 e. The van der Waals surface area contributed by atoms with Crippen molar-refractivity contribution >= 4 is 28.3 Å². The van der Waals surface area contributed by atoms with Crippen LogP contribution < -0.4 is 20.1 Å². The number of ketones is 1. The summed E-state index contributed by atoms with van der Waals surface area (Å²) in [6.45, 7) is 4.17. The van der Waals surface area contributed by atoms with Gasteiger partial charge in [0.25, 0.3) is 0 Å². The van der Waals surface area contributed by atoms with Gasteiger partial charge < -0.3 is 14.7 Å². The molecule has 3 heterocycles. The molecule has 9 nitrogen and oxygen atoms in total. The standard InChI is InChI=1S/C19H21FN4O5/c1-11(25)8-22-3-5-23(6-4-22)16-14(20)7-12-15-18(16)29-10-21(2)24(15)9-13(17(12)26)19(27)28/h7,9H,3-6,8,10H2,1-2H3,(H,27,28). The predicted octanol–water partition coefficient (Wildman–Crippen LogP) is 0.468. The number of nitrogens with zero attached hydrogens (tertiary/aromatic N) is 4. The van der Waals surface area contributed by atoms with E-state index < -0.39 is 22.8 Å². The lowest BCUT2D eigenvalue weighted by Gasteiger charge is -2.38. The molecule has 0 atom stereocenters. The molecule has 0 saturated carbocycles. The summed E-state index contributed by atoms with van der Waals surface area (Å²) in [5.74, 6) is -1.70. The van der Waals surface area contributed by atoms with Crippen LogP contribution in [-0.2, 0) is 4.79 Å². The Bertz CT molecular complexity index is 1070. The normalized spacial score (nSPS) is 16.8. The average molecular weight is 404 g/mol. The Morgan fingerprint density at radius 2 is 1.93 bits per heavy atom. The van der Waals surface area contributed by atoms with Crippen molar-refractivity contribution < 1.29 is 23.8 Å². The monoisotopic (exact) mass is 404 g/mol. The third-order valence-electron chi connectivity index (χ3n) is 5.28. The molecule has 1 saturated heterocycles. The summed E-state index contributed by atoms with van der Waals surface area (Å²) in [7, 11) is 1.68. The number of pyridine rings is 1. The molecule has 2 aliphatic heterocycles. The Kier molecular flexibility index (Phi) is 4.65. The molecule has 0 bridgehead atoms. The summed E-state index contributed by atoms with van der Waals surface area (Å²) >= 11 is 0. The maximum atomic E-state index is 15.1. The van der Waals surface area contributed by atoms with Crippen LogP contribution in [0.3, 0.4) is 0 Å². The van der Waals surface area contributed by atoms with Crippen LogP contribution in [0, 0.1) is 5.82 Å². The number of anilines is 1. The average Bonchev–Trinajstić information content (AvgIpc) is 2.66. The van der Waals surface area contributed by atoms with E-state index in [1.54, 1.807) is 12.1 Å². The highest BCUT2D eigenvalue weighted by molar-refractivity contribution is 5.97. The molecule has 2 aromatic rings. The quantitative estimate of drug-likeness (QED) is 0.786. The van der Waals surface area contributed by atoms with Crippen molar-refractivity contribution in [2.24, 2.45) is 0 Å². The van der Waals surface area contributed by atoms with Crippen LogP contribution in [-0.4, -0.2) is 72.9 Å². The van der Waals surface area contributed by atoms with Crippen molar-refractivity contribution in [3.8, 4) is 5.75 Å². The summed E-state index contributed by atoms with van der Waals surface area (Å²) in [6.07, 6.45) is 1.24. The highest BCUT2D eigenvalue weighted by Crippen LogP contribution is 2.40. The smallest absolute Gasteiger partial charge is 0.341 e. The van der Waals surface area contributed by atoms with Crippen LogP contribution in [0.15, 0.2) is 17.1 Å². The van der Waals surface area contributed by atoms with Crippen molar-refractivity contribution in [1.82, 2.24) is 9.58 Å². The predicted molar refractivity (Wildman–Crippen MR) is 104 cm³/mol. The Morgan fingerprint density at radius 3 is 2.55 bits per heavy atom. The number of aromatic carboxylic acids is 1. The van der Waals surface area contributed by atoms with Gasteiger partial charge in [-0.2, -0.15) is 0 Å². The lowest BCUT2D eigenvalue weighted by molar-refractivity contribution is -0.118. The number of aromatic nitrogens is 1. The first-order valence-electron chi connectivity index (χ1n) is 9.24. The number of ether oxygens (including phenoxy) is 1. The first kappa shape index (κ1) is 19.2. The minimum Gasteiger partial charge on any atom is -0.477 e. The molecule has 29 heavy (non-hydrogen) atoms. The number of carbonyl (C=O) groups excluding carboxylic acids is 1. The van der Waals surface area contributed by atoms with E-state index in [9.17, 15) is 19.5 Å². The fraction of sp³-hybridized carbons (Fsp3) is 0.421. The Balaban J connectivity index is 1.83. The topological polar surface area (TPSA) is 95.3 Å². The number of carboxylic acids is 1. The Labute approximate surface area is 165 Å². The molecule has 4 rings (SSSR count). The van der Waals surface area contributed by atoms with Crippen LogP contribution in [0.25, 0.3) is 10.9 Å². The zero-order valence-corrected chi connectivity index (χ0v) is 16.1. The van der Waals surface area contributed by atoms with Crippen molar-refractivity contribution in [1.29, 1.82) is 0 Å². The number of rotatable bonds is 4. The maximum absolute atomic E-state index is 15.1. The lowest BCUT2D eigenvalue weighted by atomic mass is 10.1. The van der Waals surface area contributed by atoms with E-state index in [-0.39, 0.29) is 29.3 Å². The lowest BCUT2D eigenvalue weighted by Crippen LogP contribution is -2.48. The van der Waals surface area contributed by atoms with Crippen LogP contribution >= 0.6 is 0 Å². The molecule has 10 heteroatoms. The van der Waals surface area contributed by atoms with Crippen LogP contribution in [0.1, 0.15) is 17.3 Å². The van der Waals surface area contributed by atoms with Crippen molar-refractivity contribution in [2.45, 2.75) is 6.92 Å². The van der Waals surface area contributed by atoms with Gasteiger partial charge in [-0.1, -0.05) is 0 Å². The zero-order valence-electron chi connectivity index (χ0n) is 16.1. The molecule has 0 spiro atoms. The Morgan fingerprint density at radius 1 is 1.24 bits per heavy atom. The third-order valence-corrected chi connectivity index (χ3v) is 5.28. The van der Waals surface area contributed by atoms with Gasteiger partial charge in [-0.15, -0.1) is 0 Å². The molecule has 1 N–H and O–H groups in total. The molecule has 154 valence electrons. The minimum atomic E-state index is -1.37. The van der Waals surface area contributed by atoms with Crippen molar-refractivity contribution in [3.05, 3.63) is 33.9 Å². The van der Waals surface area contributed by atoms with E-state index in [0.29, 0.717) is 38.2 Å². The number of piperazine rings is 1. The SMILES string of the molecule is CC(=O)CN1CCN(c2c(F)cc3c(=O)c(C(=O)O)cn4c3c2OCN4C)CC1.